The predicted molar refractivity (Wildman–Crippen MR) is 87.8 cm³/mol. The van der Waals surface area contributed by atoms with E-state index < -0.39 is 5.97 Å². The molecular weight excluding hydrogens is 278 g/mol. The van der Waals surface area contributed by atoms with E-state index in [4.69, 9.17) is 5.11 Å². The number of carbonyl (C=O) groups excluding carboxylic acids is 1. The van der Waals surface area contributed by atoms with Gasteiger partial charge in [0.25, 0.3) is 0 Å². The van der Waals surface area contributed by atoms with Gasteiger partial charge < -0.3 is 10.0 Å². The van der Waals surface area contributed by atoms with Crippen molar-refractivity contribution in [2.24, 2.45) is 5.92 Å². The van der Waals surface area contributed by atoms with Crippen molar-refractivity contribution in [3.63, 3.8) is 0 Å². The lowest BCUT2D eigenvalue weighted by Crippen LogP contribution is -2.39. The molecule has 22 heavy (non-hydrogen) atoms. The first-order valence-corrected chi connectivity index (χ1v) is 7.77. The summed E-state index contributed by atoms with van der Waals surface area (Å²) in [4.78, 5) is 25.1. The van der Waals surface area contributed by atoms with Crippen molar-refractivity contribution < 1.29 is 14.7 Å². The van der Waals surface area contributed by atoms with Crippen LogP contribution < -0.4 is 0 Å². The molecule has 0 bridgehead atoms. The molecule has 0 fully saturated rings. The highest BCUT2D eigenvalue weighted by atomic mass is 16.4. The molecule has 0 saturated heterocycles. The Morgan fingerprint density at radius 1 is 1.18 bits per heavy atom. The third-order valence-electron chi connectivity index (χ3n) is 3.68. The summed E-state index contributed by atoms with van der Waals surface area (Å²) in [6.07, 6.45) is 0.369. The Morgan fingerprint density at radius 2 is 1.77 bits per heavy atom. The topological polar surface area (TPSA) is 57.6 Å². The molecule has 0 unspecified atom stereocenters. The molecule has 4 heteroatoms. The van der Waals surface area contributed by atoms with Crippen LogP contribution in [0.15, 0.2) is 30.3 Å². The van der Waals surface area contributed by atoms with Crippen LogP contribution in [0, 0.1) is 5.92 Å². The van der Waals surface area contributed by atoms with Crippen LogP contribution in [0.4, 0.5) is 0 Å². The summed E-state index contributed by atoms with van der Waals surface area (Å²) in [6, 6.07) is 9.95. The maximum atomic E-state index is 12.6. The zero-order valence-corrected chi connectivity index (χ0v) is 14.0. The monoisotopic (exact) mass is 305 g/mol. The van der Waals surface area contributed by atoms with Gasteiger partial charge in [0.15, 0.2) is 0 Å². The molecule has 1 rings (SSSR count). The average Bonchev–Trinajstić information content (AvgIpc) is 2.43. The molecule has 0 aliphatic heterocycles. The van der Waals surface area contributed by atoms with Crippen molar-refractivity contribution >= 4 is 11.9 Å². The van der Waals surface area contributed by atoms with Crippen molar-refractivity contribution in [2.45, 2.75) is 46.0 Å². The van der Waals surface area contributed by atoms with Crippen molar-refractivity contribution in [2.75, 3.05) is 13.1 Å². The number of hydrogen-bond acceptors (Lipinski definition) is 2. The first-order chi connectivity index (χ1) is 10.2. The van der Waals surface area contributed by atoms with Crippen molar-refractivity contribution in [3.05, 3.63) is 35.9 Å². The van der Waals surface area contributed by atoms with E-state index in [1.807, 2.05) is 58.0 Å². The summed E-state index contributed by atoms with van der Waals surface area (Å²) in [5.74, 6) is -0.537. The predicted octanol–water partition coefficient (Wildman–Crippen LogP) is 3.31. The zero-order valence-electron chi connectivity index (χ0n) is 14.0. The van der Waals surface area contributed by atoms with Gasteiger partial charge in [-0.25, -0.2) is 0 Å². The van der Waals surface area contributed by atoms with Gasteiger partial charge >= 0.3 is 5.97 Å². The van der Waals surface area contributed by atoms with E-state index in [2.05, 4.69) is 0 Å². The lowest BCUT2D eigenvalue weighted by Gasteiger charge is -2.30. The number of carboxylic acid groups (broad SMARTS) is 1. The maximum Gasteiger partial charge on any atom is 0.305 e. The Balaban J connectivity index is 2.78. The number of hydrogen-bond donors (Lipinski definition) is 1. The number of rotatable bonds is 8. The molecule has 0 aliphatic rings. The summed E-state index contributed by atoms with van der Waals surface area (Å²) in [5.41, 5.74) is 0.850. The third-order valence-corrected chi connectivity index (χ3v) is 3.68. The quantitative estimate of drug-likeness (QED) is 0.801. The van der Waals surface area contributed by atoms with E-state index in [1.165, 1.54) is 0 Å². The molecule has 0 aromatic heterocycles. The van der Waals surface area contributed by atoms with Gasteiger partial charge in [-0.05, 0) is 16.9 Å². The SMILES string of the molecule is CC(C)CN(CCC(=O)O)C(=O)CC(C)(C)c1ccccc1. The fraction of sp³-hybridized carbons (Fsp3) is 0.556. The molecule has 0 saturated carbocycles. The molecule has 0 radical (unpaired) electrons. The number of nitrogens with zero attached hydrogens (tertiary/aromatic N) is 1. The van der Waals surface area contributed by atoms with Crippen molar-refractivity contribution in [3.8, 4) is 0 Å². The van der Waals surface area contributed by atoms with Crippen molar-refractivity contribution in [1.82, 2.24) is 4.90 Å². The number of amides is 1. The van der Waals surface area contributed by atoms with Crippen LogP contribution in [0.3, 0.4) is 0 Å². The second-order valence-electron chi connectivity index (χ2n) is 6.80. The zero-order chi connectivity index (χ0) is 16.8. The van der Waals surface area contributed by atoms with Gasteiger partial charge in [0.2, 0.25) is 5.91 Å². The molecule has 0 spiro atoms. The first kappa shape index (κ1) is 18.2. The van der Waals surface area contributed by atoms with E-state index in [1.54, 1.807) is 4.90 Å². The molecule has 0 atom stereocenters. The Bertz CT molecular complexity index is 494. The highest BCUT2D eigenvalue weighted by Gasteiger charge is 2.27. The molecule has 122 valence electrons. The smallest absolute Gasteiger partial charge is 0.305 e. The molecule has 0 aliphatic carbocycles. The maximum absolute atomic E-state index is 12.6. The van der Waals surface area contributed by atoms with E-state index >= 15 is 0 Å². The summed E-state index contributed by atoms with van der Waals surface area (Å²) in [7, 11) is 0. The highest BCUT2D eigenvalue weighted by molar-refractivity contribution is 5.78. The lowest BCUT2D eigenvalue weighted by atomic mass is 9.81. The second-order valence-corrected chi connectivity index (χ2v) is 6.80. The van der Waals surface area contributed by atoms with Crippen LogP contribution in [-0.2, 0) is 15.0 Å². The molecule has 0 heterocycles. The molecule has 1 aromatic carbocycles. The molecule has 4 nitrogen and oxygen atoms in total. The Labute approximate surface area is 133 Å². The summed E-state index contributed by atoms with van der Waals surface area (Å²) in [6.45, 7) is 9.02. The average molecular weight is 305 g/mol. The van der Waals surface area contributed by atoms with E-state index in [0.29, 0.717) is 18.9 Å². The van der Waals surface area contributed by atoms with Gasteiger partial charge in [-0.15, -0.1) is 0 Å². The van der Waals surface area contributed by atoms with Crippen LogP contribution in [0.25, 0.3) is 0 Å². The van der Waals surface area contributed by atoms with Gasteiger partial charge in [0.05, 0.1) is 6.42 Å². The number of carbonyl (C=O) groups is 2. The molecular formula is C18H27NO3. The normalized spacial score (nSPS) is 11.5. The minimum absolute atomic E-state index is 0.00970. The Hall–Kier alpha value is -1.84. The molecule has 1 N–H and O–H groups in total. The summed E-state index contributed by atoms with van der Waals surface area (Å²) < 4.78 is 0. The minimum atomic E-state index is -0.871. The number of aliphatic carboxylic acids is 1. The minimum Gasteiger partial charge on any atom is -0.481 e. The molecule has 1 aromatic rings. The summed E-state index contributed by atoms with van der Waals surface area (Å²) in [5, 5.41) is 8.85. The van der Waals surface area contributed by atoms with Gasteiger partial charge in [0.1, 0.15) is 0 Å². The van der Waals surface area contributed by atoms with Gasteiger partial charge in [0, 0.05) is 19.5 Å². The molecule has 1 amide bonds. The van der Waals surface area contributed by atoms with E-state index in [-0.39, 0.29) is 24.3 Å². The lowest BCUT2D eigenvalue weighted by molar-refractivity contribution is -0.139. The van der Waals surface area contributed by atoms with Gasteiger partial charge in [-0.2, -0.15) is 0 Å². The van der Waals surface area contributed by atoms with E-state index in [0.717, 1.165) is 5.56 Å². The van der Waals surface area contributed by atoms with Crippen molar-refractivity contribution in [1.29, 1.82) is 0 Å². The van der Waals surface area contributed by atoms with Crippen LogP contribution >= 0.6 is 0 Å². The Morgan fingerprint density at radius 3 is 2.27 bits per heavy atom. The largest absolute Gasteiger partial charge is 0.481 e. The van der Waals surface area contributed by atoms with Crippen LogP contribution in [0.5, 0.6) is 0 Å². The number of carboxylic acids is 1. The van der Waals surface area contributed by atoms with Gasteiger partial charge in [-0.1, -0.05) is 58.0 Å². The first-order valence-electron chi connectivity index (χ1n) is 7.77. The highest BCUT2D eigenvalue weighted by Crippen LogP contribution is 2.27. The van der Waals surface area contributed by atoms with Crippen LogP contribution in [0.1, 0.15) is 46.1 Å². The van der Waals surface area contributed by atoms with Gasteiger partial charge in [-0.3, -0.25) is 9.59 Å². The fourth-order valence-corrected chi connectivity index (χ4v) is 2.47. The van der Waals surface area contributed by atoms with Crippen LogP contribution in [-0.4, -0.2) is 35.0 Å². The third kappa shape index (κ3) is 5.88. The second kappa shape index (κ2) is 7.97. The fourth-order valence-electron chi connectivity index (χ4n) is 2.47. The Kier molecular flexibility index (Phi) is 6.60. The summed E-state index contributed by atoms with van der Waals surface area (Å²) >= 11 is 0. The van der Waals surface area contributed by atoms with E-state index in [9.17, 15) is 9.59 Å². The van der Waals surface area contributed by atoms with Crippen LogP contribution in [0.2, 0.25) is 0 Å². The number of benzene rings is 1. The standard InChI is InChI=1S/C18H27NO3/c1-14(2)13-19(11-10-17(21)22)16(20)12-18(3,4)15-8-6-5-7-9-15/h5-9,14H,10-13H2,1-4H3,(H,21,22).